The molecule has 0 aliphatic carbocycles. The van der Waals surface area contributed by atoms with Crippen LogP contribution in [-0.2, 0) is 4.79 Å². The van der Waals surface area contributed by atoms with Gasteiger partial charge in [-0.1, -0.05) is 36.4 Å². The monoisotopic (exact) mass is 411 g/mol. The lowest BCUT2D eigenvalue weighted by Crippen LogP contribution is -2.39. The molecule has 1 heterocycles. The Morgan fingerprint density at radius 1 is 1.07 bits per heavy atom. The molecule has 0 spiro atoms. The van der Waals surface area contributed by atoms with Gasteiger partial charge in [0, 0.05) is 18.9 Å². The van der Waals surface area contributed by atoms with E-state index in [1.54, 1.807) is 41.3 Å². The molecule has 0 bridgehead atoms. The number of nitrogens with zero attached hydrogens (tertiary/aromatic N) is 2. The van der Waals surface area contributed by atoms with Gasteiger partial charge in [-0.15, -0.1) is 0 Å². The van der Waals surface area contributed by atoms with Gasteiger partial charge in [0.15, 0.2) is 17.5 Å². The number of carbonyl (C=O) groups excluding carboxylic acids is 1. The molecule has 30 heavy (non-hydrogen) atoms. The molecule has 2 unspecified atom stereocenters. The van der Waals surface area contributed by atoms with Gasteiger partial charge in [-0.05, 0) is 23.8 Å². The lowest BCUT2D eigenvalue weighted by Gasteiger charge is -2.20. The molecular weight excluding hydrogens is 386 g/mol. The van der Waals surface area contributed by atoms with Crippen molar-refractivity contribution >= 4 is 5.91 Å². The van der Waals surface area contributed by atoms with Crippen molar-refractivity contribution in [1.29, 1.82) is 0 Å². The Bertz CT molecular complexity index is 909. The minimum Gasteiger partial charge on any atom is -0.493 e. The second kappa shape index (κ2) is 10.3. The third-order valence-corrected chi connectivity index (χ3v) is 4.47. The number of methoxy groups -OCH3 is 2. The predicted octanol–water partition coefficient (Wildman–Crippen LogP) is 2.05. The Labute approximate surface area is 175 Å². The molecule has 0 aliphatic rings. The van der Waals surface area contributed by atoms with Crippen molar-refractivity contribution in [3.63, 3.8) is 0 Å². The Hall–Kier alpha value is -3.52. The third-order valence-electron chi connectivity index (χ3n) is 4.47. The maximum Gasteiger partial charge on any atom is 0.249 e. The van der Waals surface area contributed by atoms with Crippen LogP contribution in [0.25, 0.3) is 0 Å². The summed E-state index contributed by atoms with van der Waals surface area (Å²) in [6.07, 6.45) is 2.41. The smallest absolute Gasteiger partial charge is 0.249 e. The highest BCUT2D eigenvalue weighted by atomic mass is 16.5. The first-order chi connectivity index (χ1) is 14.6. The maximum absolute atomic E-state index is 12.9. The van der Waals surface area contributed by atoms with Crippen LogP contribution in [0.1, 0.15) is 11.6 Å². The summed E-state index contributed by atoms with van der Waals surface area (Å²) in [6, 6.07) is 15.7. The number of aliphatic hydroxyl groups is 1. The van der Waals surface area contributed by atoms with Gasteiger partial charge in [0.1, 0.15) is 12.7 Å². The van der Waals surface area contributed by atoms with E-state index in [1.165, 1.54) is 14.2 Å². The van der Waals surface area contributed by atoms with Gasteiger partial charge in [0.05, 0.1) is 14.2 Å². The number of aromatic nitrogens is 2. The number of amides is 1. The van der Waals surface area contributed by atoms with E-state index in [9.17, 15) is 9.90 Å². The largest absolute Gasteiger partial charge is 0.493 e. The highest BCUT2D eigenvalue weighted by Crippen LogP contribution is 2.36. The molecule has 2 atom stereocenters. The molecule has 0 radical (unpaired) electrons. The standard InChI is InChI=1S/C22H25N3O5/c1-28-18-10-6-11-19(29-2)21(18)30-15-17(26)14-23-22(27)20(25-13-7-12-24-25)16-8-4-3-5-9-16/h3-13,17,20,26H,14-15H2,1-2H3,(H,23,27). The minimum absolute atomic E-state index is 0.0148. The zero-order chi connectivity index (χ0) is 21.3. The Morgan fingerprint density at radius 2 is 1.77 bits per heavy atom. The summed E-state index contributed by atoms with van der Waals surface area (Å²) in [5.74, 6) is 1.10. The Kier molecular flexibility index (Phi) is 7.29. The molecule has 2 aromatic carbocycles. The number of hydrogen-bond acceptors (Lipinski definition) is 6. The zero-order valence-electron chi connectivity index (χ0n) is 16.9. The van der Waals surface area contributed by atoms with Crippen LogP contribution in [0.5, 0.6) is 17.2 Å². The average Bonchev–Trinajstić information content (AvgIpc) is 3.31. The normalized spacial score (nSPS) is 12.6. The number of nitrogens with one attached hydrogen (secondary N) is 1. The molecule has 8 heteroatoms. The maximum atomic E-state index is 12.9. The fourth-order valence-electron chi connectivity index (χ4n) is 3.01. The molecule has 3 rings (SSSR count). The van der Waals surface area contributed by atoms with Crippen LogP contribution in [-0.4, -0.2) is 54.3 Å². The molecule has 0 saturated heterocycles. The first-order valence-corrected chi connectivity index (χ1v) is 9.47. The predicted molar refractivity (Wildman–Crippen MR) is 111 cm³/mol. The topological polar surface area (TPSA) is 94.8 Å². The van der Waals surface area contributed by atoms with Crippen molar-refractivity contribution in [2.24, 2.45) is 0 Å². The highest BCUT2D eigenvalue weighted by Gasteiger charge is 2.23. The second-order valence-corrected chi connectivity index (χ2v) is 6.50. The van der Waals surface area contributed by atoms with Crippen molar-refractivity contribution < 1.29 is 24.1 Å². The van der Waals surface area contributed by atoms with E-state index in [4.69, 9.17) is 14.2 Å². The van der Waals surface area contributed by atoms with Gasteiger partial charge in [-0.3, -0.25) is 9.48 Å². The first-order valence-electron chi connectivity index (χ1n) is 9.47. The molecule has 1 amide bonds. The summed E-state index contributed by atoms with van der Waals surface area (Å²) in [6.45, 7) is -0.0321. The fourth-order valence-corrected chi connectivity index (χ4v) is 3.01. The van der Waals surface area contributed by atoms with E-state index in [-0.39, 0.29) is 19.1 Å². The molecule has 2 N–H and O–H groups in total. The summed E-state index contributed by atoms with van der Waals surface area (Å²) < 4.78 is 17.8. The number of ether oxygens (including phenoxy) is 3. The van der Waals surface area contributed by atoms with Crippen molar-refractivity contribution in [2.75, 3.05) is 27.4 Å². The quantitative estimate of drug-likeness (QED) is 0.530. The summed E-state index contributed by atoms with van der Waals surface area (Å²) in [5.41, 5.74) is 0.795. The van der Waals surface area contributed by atoms with Crippen LogP contribution >= 0.6 is 0 Å². The molecule has 1 aromatic heterocycles. The number of hydrogen-bond donors (Lipinski definition) is 2. The summed E-state index contributed by atoms with van der Waals surface area (Å²) in [7, 11) is 3.05. The highest BCUT2D eigenvalue weighted by molar-refractivity contribution is 5.83. The number of aliphatic hydroxyl groups excluding tert-OH is 1. The summed E-state index contributed by atoms with van der Waals surface area (Å²) in [4.78, 5) is 12.9. The van der Waals surface area contributed by atoms with Gasteiger partial charge < -0.3 is 24.6 Å². The SMILES string of the molecule is COc1cccc(OC)c1OCC(O)CNC(=O)C(c1ccccc1)n1cccn1. The van der Waals surface area contributed by atoms with E-state index in [1.807, 2.05) is 30.3 Å². The zero-order valence-corrected chi connectivity index (χ0v) is 16.9. The number of benzene rings is 2. The van der Waals surface area contributed by atoms with Crippen molar-refractivity contribution in [1.82, 2.24) is 15.1 Å². The average molecular weight is 411 g/mol. The van der Waals surface area contributed by atoms with Crippen LogP contribution in [0.4, 0.5) is 0 Å². The molecule has 0 fully saturated rings. The summed E-state index contributed by atoms with van der Waals surface area (Å²) >= 11 is 0. The summed E-state index contributed by atoms with van der Waals surface area (Å²) in [5, 5.41) is 17.3. The van der Waals surface area contributed by atoms with Crippen LogP contribution < -0.4 is 19.5 Å². The molecule has 0 aliphatic heterocycles. The fraction of sp³-hybridized carbons (Fsp3) is 0.273. The van der Waals surface area contributed by atoms with E-state index in [0.29, 0.717) is 17.2 Å². The van der Waals surface area contributed by atoms with Crippen LogP contribution in [0.15, 0.2) is 67.0 Å². The van der Waals surface area contributed by atoms with Crippen molar-refractivity contribution in [2.45, 2.75) is 12.1 Å². The van der Waals surface area contributed by atoms with Gasteiger partial charge in [0.2, 0.25) is 11.7 Å². The van der Waals surface area contributed by atoms with Gasteiger partial charge in [-0.25, -0.2) is 0 Å². The van der Waals surface area contributed by atoms with E-state index >= 15 is 0 Å². The molecule has 158 valence electrons. The second-order valence-electron chi connectivity index (χ2n) is 6.50. The molecule has 0 saturated carbocycles. The Morgan fingerprint density at radius 3 is 2.37 bits per heavy atom. The molecular formula is C22H25N3O5. The number of carbonyl (C=O) groups is 1. The van der Waals surface area contributed by atoms with Crippen molar-refractivity contribution in [3.8, 4) is 17.2 Å². The minimum atomic E-state index is -0.933. The Balaban J connectivity index is 1.61. The van der Waals surface area contributed by atoms with E-state index < -0.39 is 12.1 Å². The third kappa shape index (κ3) is 5.09. The lowest BCUT2D eigenvalue weighted by atomic mass is 10.1. The van der Waals surface area contributed by atoms with Gasteiger partial charge in [-0.2, -0.15) is 5.10 Å². The van der Waals surface area contributed by atoms with Crippen molar-refractivity contribution in [3.05, 3.63) is 72.6 Å². The number of rotatable bonds is 10. The first kappa shape index (κ1) is 21.2. The van der Waals surface area contributed by atoms with Gasteiger partial charge in [0.25, 0.3) is 0 Å². The van der Waals surface area contributed by atoms with E-state index in [2.05, 4.69) is 10.4 Å². The van der Waals surface area contributed by atoms with E-state index in [0.717, 1.165) is 5.56 Å². The molecule has 8 nitrogen and oxygen atoms in total. The van der Waals surface area contributed by atoms with Crippen LogP contribution in [0, 0.1) is 0 Å². The van der Waals surface area contributed by atoms with Crippen LogP contribution in [0.3, 0.4) is 0 Å². The lowest BCUT2D eigenvalue weighted by molar-refractivity contribution is -0.124. The number of para-hydroxylation sites is 1. The van der Waals surface area contributed by atoms with Gasteiger partial charge >= 0.3 is 0 Å². The molecule has 3 aromatic rings. The van der Waals surface area contributed by atoms with Crippen LogP contribution in [0.2, 0.25) is 0 Å².